The van der Waals surface area contributed by atoms with E-state index in [2.05, 4.69) is 12.6 Å². The molecule has 0 spiro atoms. The minimum Gasteiger partial charge on any atom is -0.496 e. The molecule has 0 fully saturated rings. The van der Waals surface area contributed by atoms with Crippen LogP contribution in [0.4, 0.5) is 0 Å². The Balaban J connectivity index is 2.81. The van der Waals surface area contributed by atoms with E-state index in [4.69, 9.17) is 9.84 Å². The molecule has 0 amide bonds. The number of aliphatic hydroxyl groups is 1. The van der Waals surface area contributed by atoms with Crippen LogP contribution in [-0.4, -0.2) is 24.6 Å². The van der Waals surface area contributed by atoms with Crippen molar-refractivity contribution < 1.29 is 9.84 Å². The molecule has 0 heterocycles. The maximum absolute atomic E-state index is 8.71. The van der Waals surface area contributed by atoms with Gasteiger partial charge >= 0.3 is 0 Å². The standard InChI is InChI=1S/C12H16O2S/c1-3-11-10(9-15-8-7-13)5-4-6-12(11)14-2/h3-6,13H,1,7-9H2,2H3. The fraction of sp³-hybridized carbons (Fsp3) is 0.333. The van der Waals surface area contributed by atoms with Crippen molar-refractivity contribution >= 4 is 17.8 Å². The van der Waals surface area contributed by atoms with Gasteiger partial charge in [-0.15, -0.1) is 0 Å². The molecule has 15 heavy (non-hydrogen) atoms. The number of methoxy groups -OCH3 is 1. The summed E-state index contributed by atoms with van der Waals surface area (Å²) in [5, 5.41) is 8.71. The summed E-state index contributed by atoms with van der Waals surface area (Å²) >= 11 is 1.70. The second-order valence-corrected chi connectivity index (χ2v) is 4.12. The van der Waals surface area contributed by atoms with Gasteiger partial charge in [-0.1, -0.05) is 24.8 Å². The van der Waals surface area contributed by atoms with Crippen molar-refractivity contribution in [3.05, 3.63) is 35.9 Å². The van der Waals surface area contributed by atoms with E-state index in [1.54, 1.807) is 18.9 Å². The largest absolute Gasteiger partial charge is 0.496 e. The molecule has 0 bridgehead atoms. The first kappa shape index (κ1) is 12.1. The van der Waals surface area contributed by atoms with Crippen LogP contribution in [0.3, 0.4) is 0 Å². The zero-order valence-electron chi connectivity index (χ0n) is 8.90. The van der Waals surface area contributed by atoms with Gasteiger partial charge in [0, 0.05) is 17.1 Å². The minimum atomic E-state index is 0.220. The molecule has 1 rings (SSSR count). The highest BCUT2D eigenvalue weighted by molar-refractivity contribution is 7.98. The van der Waals surface area contributed by atoms with Crippen molar-refractivity contribution in [2.24, 2.45) is 0 Å². The van der Waals surface area contributed by atoms with E-state index in [0.717, 1.165) is 22.8 Å². The molecule has 1 N–H and O–H groups in total. The lowest BCUT2D eigenvalue weighted by molar-refractivity contribution is 0.322. The molecule has 1 aromatic carbocycles. The first-order chi connectivity index (χ1) is 7.33. The molecule has 0 aromatic heterocycles. The van der Waals surface area contributed by atoms with Crippen molar-refractivity contribution in [3.63, 3.8) is 0 Å². The van der Waals surface area contributed by atoms with Crippen LogP contribution in [0, 0.1) is 0 Å². The lowest BCUT2D eigenvalue weighted by atomic mass is 10.1. The lowest BCUT2D eigenvalue weighted by Crippen LogP contribution is -1.94. The van der Waals surface area contributed by atoms with Crippen molar-refractivity contribution in [3.8, 4) is 5.75 Å². The fourth-order valence-corrected chi connectivity index (χ4v) is 2.12. The summed E-state index contributed by atoms with van der Waals surface area (Å²) in [6, 6.07) is 5.96. The maximum Gasteiger partial charge on any atom is 0.126 e. The Morgan fingerprint density at radius 1 is 1.53 bits per heavy atom. The van der Waals surface area contributed by atoms with Crippen molar-refractivity contribution in [1.29, 1.82) is 0 Å². The predicted molar refractivity (Wildman–Crippen MR) is 66.3 cm³/mol. The highest BCUT2D eigenvalue weighted by atomic mass is 32.2. The Morgan fingerprint density at radius 2 is 2.33 bits per heavy atom. The van der Waals surface area contributed by atoms with Crippen LogP contribution >= 0.6 is 11.8 Å². The van der Waals surface area contributed by atoms with E-state index in [0.29, 0.717) is 0 Å². The molecule has 1 aromatic rings. The van der Waals surface area contributed by atoms with Crippen LogP contribution in [0.2, 0.25) is 0 Å². The molecule has 0 atom stereocenters. The molecule has 0 saturated carbocycles. The van der Waals surface area contributed by atoms with Crippen LogP contribution in [0.5, 0.6) is 5.75 Å². The highest BCUT2D eigenvalue weighted by Crippen LogP contribution is 2.26. The van der Waals surface area contributed by atoms with E-state index < -0.39 is 0 Å². The quantitative estimate of drug-likeness (QED) is 0.753. The number of rotatable bonds is 6. The average molecular weight is 224 g/mol. The summed E-state index contributed by atoms with van der Waals surface area (Å²) < 4.78 is 5.25. The van der Waals surface area contributed by atoms with Gasteiger partial charge in [-0.3, -0.25) is 0 Å². The van der Waals surface area contributed by atoms with Gasteiger partial charge in [0.2, 0.25) is 0 Å². The number of aliphatic hydroxyl groups excluding tert-OH is 1. The van der Waals surface area contributed by atoms with Crippen LogP contribution in [0.1, 0.15) is 11.1 Å². The van der Waals surface area contributed by atoms with Crippen LogP contribution in [0.15, 0.2) is 24.8 Å². The summed E-state index contributed by atoms with van der Waals surface area (Å²) in [6.07, 6.45) is 1.81. The van der Waals surface area contributed by atoms with Crippen molar-refractivity contribution in [2.75, 3.05) is 19.5 Å². The number of hydrogen-bond donors (Lipinski definition) is 1. The SMILES string of the molecule is C=Cc1c(CSCCO)cccc1OC. The van der Waals surface area contributed by atoms with Crippen LogP contribution < -0.4 is 4.74 Å². The third-order valence-electron chi connectivity index (χ3n) is 2.07. The molecule has 0 unspecified atom stereocenters. The molecular weight excluding hydrogens is 208 g/mol. The summed E-state index contributed by atoms with van der Waals surface area (Å²) in [7, 11) is 1.66. The van der Waals surface area contributed by atoms with Gasteiger partial charge < -0.3 is 9.84 Å². The Morgan fingerprint density at radius 3 is 2.93 bits per heavy atom. The van der Waals surface area contributed by atoms with Gasteiger partial charge in [-0.25, -0.2) is 0 Å². The van der Waals surface area contributed by atoms with Gasteiger partial charge in [0.15, 0.2) is 0 Å². The molecule has 0 aliphatic carbocycles. The Labute approximate surface area is 95.0 Å². The lowest BCUT2D eigenvalue weighted by Gasteiger charge is -2.10. The summed E-state index contributed by atoms with van der Waals surface area (Å²) in [4.78, 5) is 0. The maximum atomic E-state index is 8.71. The smallest absolute Gasteiger partial charge is 0.126 e. The molecule has 0 aliphatic rings. The summed E-state index contributed by atoms with van der Waals surface area (Å²) in [5.74, 6) is 2.49. The molecular formula is C12H16O2S. The van der Waals surface area contributed by atoms with E-state index in [-0.39, 0.29) is 6.61 Å². The summed E-state index contributed by atoms with van der Waals surface area (Å²) in [6.45, 7) is 4.01. The topological polar surface area (TPSA) is 29.5 Å². The third kappa shape index (κ3) is 3.29. The van der Waals surface area contributed by atoms with Gasteiger partial charge in [0.05, 0.1) is 13.7 Å². The summed E-state index contributed by atoms with van der Waals surface area (Å²) in [5.41, 5.74) is 2.24. The average Bonchev–Trinajstić information content (AvgIpc) is 2.29. The predicted octanol–water partition coefficient (Wildman–Crippen LogP) is 2.56. The third-order valence-corrected chi connectivity index (χ3v) is 3.06. The van der Waals surface area contributed by atoms with E-state index in [1.165, 1.54) is 5.56 Å². The first-order valence-corrected chi connectivity index (χ1v) is 5.96. The Bertz CT molecular complexity index is 323. The van der Waals surface area contributed by atoms with E-state index >= 15 is 0 Å². The molecule has 0 saturated heterocycles. The van der Waals surface area contributed by atoms with Gasteiger partial charge in [-0.2, -0.15) is 11.8 Å². The van der Waals surface area contributed by atoms with Crippen molar-refractivity contribution in [2.45, 2.75) is 5.75 Å². The number of thioether (sulfide) groups is 1. The Kier molecular flexibility index (Phi) is 5.29. The number of ether oxygens (including phenoxy) is 1. The molecule has 3 heteroatoms. The van der Waals surface area contributed by atoms with Gasteiger partial charge in [0.1, 0.15) is 5.75 Å². The number of benzene rings is 1. The normalized spacial score (nSPS) is 10.0. The zero-order chi connectivity index (χ0) is 11.1. The molecule has 2 nitrogen and oxygen atoms in total. The van der Waals surface area contributed by atoms with E-state index in [9.17, 15) is 0 Å². The van der Waals surface area contributed by atoms with Crippen LogP contribution in [0.25, 0.3) is 6.08 Å². The highest BCUT2D eigenvalue weighted by Gasteiger charge is 2.05. The number of hydrogen-bond acceptors (Lipinski definition) is 3. The molecule has 0 aliphatic heterocycles. The zero-order valence-corrected chi connectivity index (χ0v) is 9.72. The van der Waals surface area contributed by atoms with Crippen molar-refractivity contribution in [1.82, 2.24) is 0 Å². The monoisotopic (exact) mass is 224 g/mol. The Hall–Kier alpha value is -0.930. The van der Waals surface area contributed by atoms with Crippen LogP contribution in [-0.2, 0) is 5.75 Å². The first-order valence-electron chi connectivity index (χ1n) is 4.80. The van der Waals surface area contributed by atoms with Gasteiger partial charge in [0.25, 0.3) is 0 Å². The minimum absolute atomic E-state index is 0.220. The van der Waals surface area contributed by atoms with E-state index in [1.807, 2.05) is 18.2 Å². The second-order valence-electron chi connectivity index (χ2n) is 3.01. The van der Waals surface area contributed by atoms with Gasteiger partial charge in [-0.05, 0) is 11.6 Å². The second kappa shape index (κ2) is 6.53. The fourth-order valence-electron chi connectivity index (χ4n) is 1.37. The molecule has 82 valence electrons. The molecule has 0 radical (unpaired) electrons.